The Bertz CT molecular complexity index is 2190. The first-order chi connectivity index (χ1) is 19.8. The summed E-state index contributed by atoms with van der Waals surface area (Å²) >= 11 is 0. The summed E-state index contributed by atoms with van der Waals surface area (Å²) in [7, 11) is 0. The molecule has 0 bridgehead atoms. The summed E-state index contributed by atoms with van der Waals surface area (Å²) < 4.78 is 4.58. The molecule has 0 spiro atoms. The van der Waals surface area contributed by atoms with Gasteiger partial charge in [0.1, 0.15) is 0 Å². The molecule has 0 saturated heterocycles. The Morgan fingerprint density at radius 2 is 1.10 bits per heavy atom. The number of nitrogens with zero attached hydrogens (tertiary/aromatic N) is 4. The molecule has 4 heteroatoms. The number of fused-ring (bicyclic) bond motifs is 6. The quantitative estimate of drug-likeness (QED) is 0.238. The molecule has 0 saturated carbocycles. The predicted molar refractivity (Wildman–Crippen MR) is 163 cm³/mol. The van der Waals surface area contributed by atoms with Crippen molar-refractivity contribution < 1.29 is 0 Å². The zero-order valence-electron chi connectivity index (χ0n) is 21.5. The molecule has 0 amide bonds. The molecule has 0 radical (unpaired) electrons. The molecule has 0 N–H and O–H groups in total. The van der Waals surface area contributed by atoms with Crippen LogP contribution >= 0.6 is 0 Å². The Morgan fingerprint density at radius 1 is 0.525 bits per heavy atom. The summed E-state index contributed by atoms with van der Waals surface area (Å²) in [5, 5.41) is 14.9. The van der Waals surface area contributed by atoms with Gasteiger partial charge in [0.15, 0.2) is 0 Å². The third kappa shape index (κ3) is 3.15. The van der Waals surface area contributed by atoms with Gasteiger partial charge in [0.05, 0.1) is 39.4 Å². The molecule has 186 valence electrons. The molecule has 8 aromatic rings. The van der Waals surface area contributed by atoms with Crippen LogP contribution in [0.15, 0.2) is 134 Å². The maximum atomic E-state index is 10.2. The highest BCUT2D eigenvalue weighted by molar-refractivity contribution is 6.10. The molecule has 0 aliphatic heterocycles. The largest absolute Gasteiger partial charge is 0.309 e. The minimum atomic E-state index is 0.638. The van der Waals surface area contributed by atoms with Crippen molar-refractivity contribution >= 4 is 43.6 Å². The molecule has 5 aromatic carbocycles. The van der Waals surface area contributed by atoms with E-state index in [-0.39, 0.29) is 0 Å². The number of para-hydroxylation sites is 4. The second-order valence-electron chi connectivity index (χ2n) is 9.97. The van der Waals surface area contributed by atoms with Gasteiger partial charge < -0.3 is 9.13 Å². The van der Waals surface area contributed by atoms with E-state index in [0.717, 1.165) is 55.3 Å². The van der Waals surface area contributed by atoms with Crippen LogP contribution in [0.2, 0.25) is 0 Å². The van der Waals surface area contributed by atoms with Crippen molar-refractivity contribution in [1.29, 1.82) is 5.26 Å². The number of benzene rings is 5. The molecule has 0 aliphatic carbocycles. The van der Waals surface area contributed by atoms with Crippen molar-refractivity contribution in [3.8, 4) is 28.6 Å². The van der Waals surface area contributed by atoms with Crippen LogP contribution in [0.1, 0.15) is 5.56 Å². The molecule has 0 unspecified atom stereocenters. The fraction of sp³-hybridized carbons (Fsp3) is 0. The molecule has 40 heavy (non-hydrogen) atoms. The normalized spacial score (nSPS) is 11.5. The van der Waals surface area contributed by atoms with Gasteiger partial charge in [0, 0.05) is 50.8 Å². The van der Waals surface area contributed by atoms with Gasteiger partial charge in [-0.05, 0) is 48.5 Å². The lowest BCUT2D eigenvalue weighted by atomic mass is 9.97. The van der Waals surface area contributed by atoms with Crippen LogP contribution in [0.3, 0.4) is 0 Å². The Labute approximate surface area is 230 Å². The molecule has 0 aliphatic rings. The first-order valence-corrected chi connectivity index (χ1v) is 13.3. The maximum absolute atomic E-state index is 10.2. The molecule has 0 atom stereocenters. The Morgan fingerprint density at radius 3 is 1.80 bits per heavy atom. The van der Waals surface area contributed by atoms with E-state index in [0.29, 0.717) is 5.56 Å². The molecule has 4 nitrogen and oxygen atoms in total. The highest BCUT2D eigenvalue weighted by Gasteiger charge is 2.18. The van der Waals surface area contributed by atoms with Gasteiger partial charge in [-0.1, -0.05) is 72.8 Å². The van der Waals surface area contributed by atoms with E-state index in [9.17, 15) is 5.26 Å². The van der Waals surface area contributed by atoms with Gasteiger partial charge in [-0.15, -0.1) is 0 Å². The second kappa shape index (κ2) is 8.69. The van der Waals surface area contributed by atoms with Crippen LogP contribution in [0.4, 0.5) is 0 Å². The number of hydrogen-bond donors (Lipinski definition) is 0. The third-order valence-corrected chi connectivity index (χ3v) is 7.87. The predicted octanol–water partition coefficient (Wildman–Crippen LogP) is 8.81. The van der Waals surface area contributed by atoms with Crippen LogP contribution in [0.5, 0.6) is 0 Å². The number of hydrogen-bond acceptors (Lipinski definition) is 2. The summed E-state index contributed by atoms with van der Waals surface area (Å²) in [5.41, 5.74) is 9.07. The van der Waals surface area contributed by atoms with E-state index >= 15 is 0 Å². The van der Waals surface area contributed by atoms with Crippen molar-refractivity contribution in [3.63, 3.8) is 0 Å². The lowest BCUT2D eigenvalue weighted by Gasteiger charge is -2.16. The van der Waals surface area contributed by atoms with E-state index < -0.39 is 0 Å². The molecule has 3 aromatic heterocycles. The zero-order valence-corrected chi connectivity index (χ0v) is 21.5. The van der Waals surface area contributed by atoms with Crippen LogP contribution in [0.25, 0.3) is 66.1 Å². The SMILES string of the molecule is N#Cc1ccc(-n2c3ccccc3c3cnccc32)cc1-c1ccccc1-n1c2ccccc2c2ccccc21. The van der Waals surface area contributed by atoms with Crippen molar-refractivity contribution in [2.75, 3.05) is 0 Å². The molecule has 0 fully saturated rings. The van der Waals surface area contributed by atoms with E-state index in [1.807, 2.05) is 30.6 Å². The van der Waals surface area contributed by atoms with Crippen molar-refractivity contribution in [2.24, 2.45) is 0 Å². The molecule has 8 rings (SSSR count). The number of nitriles is 1. The number of aromatic nitrogens is 3. The van der Waals surface area contributed by atoms with Gasteiger partial charge in [-0.25, -0.2) is 0 Å². The van der Waals surface area contributed by atoms with Gasteiger partial charge in [0.25, 0.3) is 0 Å². The van der Waals surface area contributed by atoms with Gasteiger partial charge in [-0.3, -0.25) is 4.98 Å². The fourth-order valence-corrected chi connectivity index (χ4v) is 6.16. The van der Waals surface area contributed by atoms with Crippen LogP contribution in [-0.4, -0.2) is 14.1 Å². The Balaban J connectivity index is 1.43. The topological polar surface area (TPSA) is 46.5 Å². The van der Waals surface area contributed by atoms with Crippen molar-refractivity contribution in [3.05, 3.63) is 139 Å². The fourth-order valence-electron chi connectivity index (χ4n) is 6.16. The van der Waals surface area contributed by atoms with Gasteiger partial charge in [-0.2, -0.15) is 5.26 Å². The molecule has 3 heterocycles. The minimum absolute atomic E-state index is 0.638. The molecular formula is C36H22N4. The highest BCUT2D eigenvalue weighted by Crippen LogP contribution is 2.38. The maximum Gasteiger partial charge on any atom is 0.0998 e. The average molecular weight is 511 g/mol. The lowest BCUT2D eigenvalue weighted by molar-refractivity contribution is 1.16. The van der Waals surface area contributed by atoms with E-state index in [1.165, 1.54) is 10.8 Å². The monoisotopic (exact) mass is 510 g/mol. The Kier molecular flexibility index (Phi) is 4.85. The van der Waals surface area contributed by atoms with Gasteiger partial charge in [0.2, 0.25) is 0 Å². The average Bonchev–Trinajstić information content (AvgIpc) is 3.54. The van der Waals surface area contributed by atoms with Crippen molar-refractivity contribution in [2.45, 2.75) is 0 Å². The van der Waals surface area contributed by atoms with E-state index in [1.54, 1.807) is 0 Å². The number of pyridine rings is 1. The first kappa shape index (κ1) is 22.3. The Hall–Kier alpha value is -5.66. The summed E-state index contributed by atoms with van der Waals surface area (Å²) in [4.78, 5) is 4.39. The smallest absolute Gasteiger partial charge is 0.0998 e. The minimum Gasteiger partial charge on any atom is -0.309 e. The summed E-state index contributed by atoms with van der Waals surface area (Å²) in [5.74, 6) is 0. The van der Waals surface area contributed by atoms with E-state index in [2.05, 4.69) is 123 Å². The van der Waals surface area contributed by atoms with Crippen molar-refractivity contribution in [1.82, 2.24) is 14.1 Å². The first-order valence-electron chi connectivity index (χ1n) is 13.3. The summed E-state index contributed by atoms with van der Waals surface area (Å²) in [6, 6.07) is 44.4. The standard InChI is InChI=1S/C36H22N4/c37-22-24-17-18-25(39-32-13-5-4-12-29(32)31-23-38-20-19-36(31)39)21-30(24)28-11-3-8-16-35(28)40-33-14-6-1-9-26(33)27-10-2-7-15-34(27)40/h1-21,23H. The van der Waals surface area contributed by atoms with Crippen LogP contribution in [-0.2, 0) is 0 Å². The van der Waals surface area contributed by atoms with Crippen LogP contribution < -0.4 is 0 Å². The lowest BCUT2D eigenvalue weighted by Crippen LogP contribution is -2.00. The van der Waals surface area contributed by atoms with E-state index in [4.69, 9.17) is 0 Å². The van der Waals surface area contributed by atoms with Crippen LogP contribution in [0, 0.1) is 11.3 Å². The highest BCUT2D eigenvalue weighted by atomic mass is 15.0. The second-order valence-corrected chi connectivity index (χ2v) is 9.97. The summed E-state index contributed by atoms with van der Waals surface area (Å²) in [6.07, 6.45) is 3.76. The van der Waals surface area contributed by atoms with Gasteiger partial charge >= 0.3 is 0 Å². The summed E-state index contributed by atoms with van der Waals surface area (Å²) in [6.45, 7) is 0. The third-order valence-electron chi connectivity index (χ3n) is 7.87. The number of rotatable bonds is 3. The molecular weight excluding hydrogens is 488 g/mol. The zero-order chi connectivity index (χ0) is 26.6.